The Hall–Kier alpha value is -4.36. The Balaban J connectivity index is 1.29. The van der Waals surface area contributed by atoms with Crippen molar-refractivity contribution in [2.45, 2.75) is 0 Å². The number of benzene rings is 3. The molecule has 6 nitrogen and oxygen atoms in total. The van der Waals surface area contributed by atoms with E-state index in [-0.39, 0.29) is 5.56 Å². The van der Waals surface area contributed by atoms with Gasteiger partial charge < -0.3 is 0 Å². The van der Waals surface area contributed by atoms with Crippen LogP contribution in [0.4, 0.5) is 5.13 Å². The van der Waals surface area contributed by atoms with Crippen molar-refractivity contribution in [2.75, 3.05) is 5.43 Å². The molecule has 2 aromatic heterocycles. The molecule has 33 heavy (non-hydrogen) atoms. The van der Waals surface area contributed by atoms with Crippen LogP contribution in [0.2, 0.25) is 0 Å². The van der Waals surface area contributed by atoms with Gasteiger partial charge in [0.25, 0.3) is 5.56 Å². The van der Waals surface area contributed by atoms with Crippen LogP contribution >= 0.6 is 11.3 Å². The first-order valence-corrected chi connectivity index (χ1v) is 11.2. The van der Waals surface area contributed by atoms with Crippen LogP contribution in [0.1, 0.15) is 5.56 Å². The Morgan fingerprint density at radius 1 is 0.788 bits per heavy atom. The van der Waals surface area contributed by atoms with Gasteiger partial charge in [-0.25, -0.2) is 4.98 Å². The Labute approximate surface area is 194 Å². The summed E-state index contributed by atoms with van der Waals surface area (Å²) in [5.74, 6) is 0. The molecule has 0 aliphatic rings. The summed E-state index contributed by atoms with van der Waals surface area (Å²) in [6.45, 7) is 0. The molecule has 1 N–H and O–H groups in total. The maximum atomic E-state index is 12.4. The summed E-state index contributed by atoms with van der Waals surface area (Å²) in [7, 11) is 0. The van der Waals surface area contributed by atoms with E-state index in [0.717, 1.165) is 33.2 Å². The average Bonchev–Trinajstić information content (AvgIpc) is 3.35. The second-order valence-corrected chi connectivity index (χ2v) is 8.06. The van der Waals surface area contributed by atoms with Crippen molar-refractivity contribution in [1.29, 1.82) is 0 Å². The fourth-order valence-corrected chi connectivity index (χ4v) is 3.96. The SMILES string of the molecule is O=c1ccc(-c2ccccc2)nn1-c1ccc(C=NNc2nc(-c3ccccc3)cs2)cc1. The van der Waals surface area contributed by atoms with Crippen molar-refractivity contribution in [3.63, 3.8) is 0 Å². The minimum Gasteiger partial charge on any atom is -0.267 e. The molecular formula is C26H19N5OS. The first-order valence-electron chi connectivity index (χ1n) is 10.3. The number of anilines is 1. The Kier molecular flexibility index (Phi) is 5.86. The highest BCUT2D eigenvalue weighted by molar-refractivity contribution is 7.14. The maximum Gasteiger partial charge on any atom is 0.271 e. The highest BCUT2D eigenvalue weighted by Crippen LogP contribution is 2.24. The molecule has 0 amide bonds. The van der Waals surface area contributed by atoms with E-state index in [9.17, 15) is 4.79 Å². The van der Waals surface area contributed by atoms with E-state index < -0.39 is 0 Å². The number of hydrogen-bond donors (Lipinski definition) is 1. The normalized spacial score (nSPS) is 11.0. The molecule has 0 spiro atoms. The minimum atomic E-state index is -0.184. The molecule has 0 saturated carbocycles. The summed E-state index contributed by atoms with van der Waals surface area (Å²) in [4.78, 5) is 16.9. The molecule has 0 saturated heterocycles. The van der Waals surface area contributed by atoms with Crippen LogP contribution in [0.15, 0.2) is 112 Å². The smallest absolute Gasteiger partial charge is 0.267 e. The largest absolute Gasteiger partial charge is 0.271 e. The van der Waals surface area contributed by atoms with E-state index in [1.165, 1.54) is 22.1 Å². The Morgan fingerprint density at radius 2 is 1.45 bits per heavy atom. The minimum absolute atomic E-state index is 0.184. The fraction of sp³-hybridized carbons (Fsp3) is 0. The summed E-state index contributed by atoms with van der Waals surface area (Å²) in [5, 5.41) is 11.5. The van der Waals surface area contributed by atoms with Gasteiger partial charge in [-0.1, -0.05) is 72.8 Å². The summed E-state index contributed by atoms with van der Waals surface area (Å²) in [6.07, 6.45) is 1.71. The average molecular weight is 450 g/mol. The number of hydrazone groups is 1. The number of rotatable bonds is 6. The summed E-state index contributed by atoms with van der Waals surface area (Å²) < 4.78 is 1.40. The van der Waals surface area contributed by atoms with E-state index in [1.807, 2.05) is 90.3 Å². The number of nitrogens with one attached hydrogen (secondary N) is 1. The van der Waals surface area contributed by atoms with Crippen LogP contribution in [0, 0.1) is 0 Å². The van der Waals surface area contributed by atoms with Crippen molar-refractivity contribution >= 4 is 22.7 Å². The van der Waals surface area contributed by atoms with Gasteiger partial charge in [-0.3, -0.25) is 10.2 Å². The van der Waals surface area contributed by atoms with Gasteiger partial charge in [-0.2, -0.15) is 14.9 Å². The van der Waals surface area contributed by atoms with Crippen LogP contribution in [0.5, 0.6) is 0 Å². The van der Waals surface area contributed by atoms with Gasteiger partial charge in [0.15, 0.2) is 0 Å². The van der Waals surface area contributed by atoms with Crippen LogP contribution in [-0.2, 0) is 0 Å². The lowest BCUT2D eigenvalue weighted by Crippen LogP contribution is -2.20. The number of thiazole rings is 1. The van der Waals surface area contributed by atoms with Crippen molar-refractivity contribution in [1.82, 2.24) is 14.8 Å². The van der Waals surface area contributed by atoms with E-state index in [2.05, 4.69) is 20.6 Å². The monoisotopic (exact) mass is 449 g/mol. The number of hydrogen-bond acceptors (Lipinski definition) is 6. The quantitative estimate of drug-likeness (QED) is 0.276. The lowest BCUT2D eigenvalue weighted by molar-refractivity contribution is 0.812. The van der Waals surface area contributed by atoms with Crippen LogP contribution in [0.25, 0.3) is 28.2 Å². The van der Waals surface area contributed by atoms with Gasteiger partial charge in [-0.05, 0) is 23.8 Å². The van der Waals surface area contributed by atoms with Crippen molar-refractivity contribution in [3.05, 3.63) is 118 Å². The third-order valence-electron chi connectivity index (χ3n) is 4.96. The van der Waals surface area contributed by atoms with Gasteiger partial charge in [-0.15, -0.1) is 11.3 Å². The second kappa shape index (κ2) is 9.42. The zero-order valence-corrected chi connectivity index (χ0v) is 18.3. The van der Waals surface area contributed by atoms with Crippen molar-refractivity contribution in [3.8, 4) is 28.2 Å². The maximum absolute atomic E-state index is 12.4. The van der Waals surface area contributed by atoms with Gasteiger partial charge in [0, 0.05) is 22.6 Å². The zero-order chi connectivity index (χ0) is 22.5. The Bertz CT molecular complexity index is 1440. The third kappa shape index (κ3) is 4.78. The van der Waals surface area contributed by atoms with Gasteiger partial charge >= 0.3 is 0 Å². The lowest BCUT2D eigenvalue weighted by Gasteiger charge is -2.07. The van der Waals surface area contributed by atoms with E-state index >= 15 is 0 Å². The van der Waals surface area contributed by atoms with Crippen LogP contribution in [0.3, 0.4) is 0 Å². The molecule has 160 valence electrons. The van der Waals surface area contributed by atoms with Gasteiger partial charge in [0.2, 0.25) is 5.13 Å². The Morgan fingerprint density at radius 3 is 2.15 bits per heavy atom. The standard InChI is InChI=1S/C26H19N5OS/c32-25-16-15-23(20-7-3-1-4-8-20)30-31(25)22-13-11-19(12-14-22)17-27-29-26-28-24(18-33-26)21-9-5-2-6-10-21/h1-18H,(H,28,29). The second-order valence-electron chi connectivity index (χ2n) is 7.20. The predicted octanol–water partition coefficient (Wildman–Crippen LogP) is 5.47. The number of nitrogens with zero attached hydrogens (tertiary/aromatic N) is 4. The topological polar surface area (TPSA) is 72.2 Å². The van der Waals surface area contributed by atoms with Crippen molar-refractivity contribution < 1.29 is 0 Å². The molecule has 0 atom stereocenters. The van der Waals surface area contributed by atoms with Gasteiger partial charge in [0.05, 0.1) is 23.3 Å². The molecular weight excluding hydrogens is 430 g/mol. The molecule has 0 aliphatic heterocycles. The molecule has 5 rings (SSSR count). The summed E-state index contributed by atoms with van der Waals surface area (Å²) in [5.41, 5.74) is 8.05. The zero-order valence-electron chi connectivity index (χ0n) is 17.5. The molecule has 0 unspecified atom stereocenters. The highest BCUT2D eigenvalue weighted by atomic mass is 32.1. The van der Waals surface area contributed by atoms with Crippen LogP contribution < -0.4 is 11.0 Å². The van der Waals surface area contributed by atoms with E-state index in [4.69, 9.17) is 0 Å². The summed E-state index contributed by atoms with van der Waals surface area (Å²) in [6, 6.07) is 30.5. The molecule has 0 bridgehead atoms. The number of aromatic nitrogens is 3. The summed E-state index contributed by atoms with van der Waals surface area (Å²) >= 11 is 1.50. The highest BCUT2D eigenvalue weighted by Gasteiger charge is 2.06. The molecule has 3 aromatic carbocycles. The van der Waals surface area contributed by atoms with E-state index in [0.29, 0.717) is 5.69 Å². The molecule has 7 heteroatoms. The molecule has 0 aliphatic carbocycles. The molecule has 2 heterocycles. The van der Waals surface area contributed by atoms with E-state index in [1.54, 1.807) is 12.3 Å². The molecule has 0 radical (unpaired) electrons. The lowest BCUT2D eigenvalue weighted by atomic mass is 10.1. The molecule has 5 aromatic rings. The first kappa shape index (κ1) is 20.5. The predicted molar refractivity (Wildman–Crippen MR) is 134 cm³/mol. The van der Waals surface area contributed by atoms with Crippen molar-refractivity contribution in [2.24, 2.45) is 5.10 Å². The molecule has 0 fully saturated rings. The fourth-order valence-electron chi connectivity index (χ4n) is 3.29. The van der Waals surface area contributed by atoms with Gasteiger partial charge in [0.1, 0.15) is 0 Å². The van der Waals surface area contributed by atoms with Crippen LogP contribution in [-0.4, -0.2) is 21.0 Å². The third-order valence-corrected chi connectivity index (χ3v) is 5.70. The first-order chi connectivity index (χ1) is 16.3.